The molecule has 0 saturated heterocycles. The highest BCUT2D eigenvalue weighted by Crippen LogP contribution is 2.48. The Morgan fingerprint density at radius 1 is 0.711 bits per heavy atom. The summed E-state index contributed by atoms with van der Waals surface area (Å²) in [4.78, 5) is 2.53. The SMILES string of the molecule is Cc1ccc(OP(=O)(c2ccccc2)c2ccccc2)c(C(CCN(C(C)C)C(C)C)c2ccccc2)c1. The molecular weight excluding hydrogens is 485 g/mol. The first-order valence-corrected chi connectivity index (χ1v) is 15.2. The molecule has 1 atom stereocenters. The molecule has 0 radical (unpaired) electrons. The number of hydrogen-bond donors (Lipinski definition) is 0. The first kappa shape index (κ1) is 27.9. The third-order valence-corrected chi connectivity index (χ3v) is 9.57. The maximum absolute atomic E-state index is 14.8. The van der Waals surface area contributed by atoms with E-state index in [9.17, 15) is 4.57 Å². The van der Waals surface area contributed by atoms with Crippen molar-refractivity contribution in [2.24, 2.45) is 0 Å². The van der Waals surface area contributed by atoms with Crippen molar-refractivity contribution in [3.63, 3.8) is 0 Å². The summed E-state index contributed by atoms with van der Waals surface area (Å²) in [5.41, 5.74) is 3.48. The lowest BCUT2D eigenvalue weighted by Crippen LogP contribution is -2.38. The summed E-state index contributed by atoms with van der Waals surface area (Å²) in [7, 11) is -3.40. The van der Waals surface area contributed by atoms with E-state index >= 15 is 0 Å². The van der Waals surface area contributed by atoms with Crippen LogP contribution in [0.2, 0.25) is 0 Å². The second-order valence-corrected chi connectivity index (χ2v) is 12.9. The topological polar surface area (TPSA) is 29.5 Å². The van der Waals surface area contributed by atoms with Crippen LogP contribution in [0.15, 0.2) is 109 Å². The zero-order valence-electron chi connectivity index (χ0n) is 23.2. The average molecular weight is 526 g/mol. The third kappa shape index (κ3) is 6.46. The second-order valence-electron chi connectivity index (χ2n) is 10.5. The standard InChI is InChI=1S/C34H40NO2P/c1-26(2)35(27(3)4)24-23-32(29-15-9-6-10-16-29)33-25-28(5)21-22-34(33)37-38(36,30-17-11-7-12-18-30)31-19-13-8-14-20-31/h6-22,25-27,32H,23-24H2,1-5H3. The number of rotatable bonds is 11. The largest absolute Gasteiger partial charge is 0.437 e. The minimum Gasteiger partial charge on any atom is -0.437 e. The minimum atomic E-state index is -3.40. The maximum Gasteiger partial charge on any atom is 0.306 e. The summed E-state index contributed by atoms with van der Waals surface area (Å²) < 4.78 is 21.5. The lowest BCUT2D eigenvalue weighted by molar-refractivity contribution is 0.170. The predicted octanol–water partition coefficient (Wildman–Crippen LogP) is 7.94. The van der Waals surface area contributed by atoms with Gasteiger partial charge in [-0.25, -0.2) is 0 Å². The van der Waals surface area contributed by atoms with Gasteiger partial charge in [-0.05, 0) is 83.5 Å². The summed E-state index contributed by atoms with van der Waals surface area (Å²) in [6, 6.07) is 37.0. The van der Waals surface area contributed by atoms with E-state index in [1.165, 1.54) is 5.56 Å². The number of hydrogen-bond acceptors (Lipinski definition) is 3. The van der Waals surface area contributed by atoms with Gasteiger partial charge in [-0.3, -0.25) is 9.46 Å². The molecule has 3 nitrogen and oxygen atoms in total. The highest BCUT2D eigenvalue weighted by atomic mass is 31.2. The van der Waals surface area contributed by atoms with Crippen molar-refractivity contribution >= 4 is 18.0 Å². The predicted molar refractivity (Wildman–Crippen MR) is 161 cm³/mol. The second kappa shape index (κ2) is 12.6. The summed E-state index contributed by atoms with van der Waals surface area (Å²) in [5.74, 6) is 0.784. The van der Waals surface area contributed by atoms with Gasteiger partial charge in [0.2, 0.25) is 0 Å². The van der Waals surface area contributed by atoms with Gasteiger partial charge in [0.15, 0.2) is 0 Å². The minimum absolute atomic E-state index is 0.103. The molecule has 0 N–H and O–H groups in total. The van der Waals surface area contributed by atoms with Gasteiger partial charge in [0.05, 0.1) is 10.6 Å². The fourth-order valence-electron chi connectivity index (χ4n) is 5.24. The summed E-state index contributed by atoms with van der Waals surface area (Å²) in [5, 5.41) is 1.39. The van der Waals surface area contributed by atoms with Crippen molar-refractivity contribution in [2.45, 2.75) is 59.0 Å². The Labute approximate surface area is 229 Å². The highest BCUT2D eigenvalue weighted by molar-refractivity contribution is 7.74. The van der Waals surface area contributed by atoms with Gasteiger partial charge in [0.1, 0.15) is 5.75 Å². The van der Waals surface area contributed by atoms with Crippen molar-refractivity contribution < 1.29 is 9.09 Å². The Bertz CT molecular complexity index is 1290. The lowest BCUT2D eigenvalue weighted by Gasteiger charge is -2.33. The first-order valence-electron chi connectivity index (χ1n) is 13.6. The molecule has 0 aliphatic heterocycles. The summed E-state index contributed by atoms with van der Waals surface area (Å²) in [6.07, 6.45) is 0.932. The van der Waals surface area contributed by atoms with E-state index in [2.05, 4.69) is 82.0 Å². The Kier molecular flexibility index (Phi) is 9.26. The van der Waals surface area contributed by atoms with Gasteiger partial charge in [-0.15, -0.1) is 0 Å². The van der Waals surface area contributed by atoms with Crippen LogP contribution in [0.5, 0.6) is 5.75 Å². The number of benzene rings is 4. The van der Waals surface area contributed by atoms with E-state index in [1.807, 2.05) is 66.7 Å². The van der Waals surface area contributed by atoms with E-state index < -0.39 is 7.37 Å². The molecule has 1 unspecified atom stereocenters. The van der Waals surface area contributed by atoms with Crippen LogP contribution in [0, 0.1) is 6.92 Å². The van der Waals surface area contributed by atoms with Crippen molar-refractivity contribution in [3.8, 4) is 5.75 Å². The monoisotopic (exact) mass is 525 g/mol. The molecule has 0 spiro atoms. The molecule has 0 aliphatic carbocycles. The molecule has 0 aliphatic rings. The molecule has 4 rings (SSSR count). The van der Waals surface area contributed by atoms with Crippen LogP contribution >= 0.6 is 7.37 Å². The maximum atomic E-state index is 14.8. The molecule has 0 fully saturated rings. The molecule has 0 bridgehead atoms. The lowest BCUT2D eigenvalue weighted by atomic mass is 9.87. The quantitative estimate of drug-likeness (QED) is 0.186. The summed E-state index contributed by atoms with van der Waals surface area (Å²) in [6.45, 7) is 12.1. The molecule has 38 heavy (non-hydrogen) atoms. The van der Waals surface area contributed by atoms with Crippen molar-refractivity contribution in [2.75, 3.05) is 6.54 Å². The molecule has 4 aromatic carbocycles. The van der Waals surface area contributed by atoms with Gasteiger partial charge in [0, 0.05) is 23.6 Å². The molecular formula is C34H40NO2P. The number of aryl methyl sites for hydroxylation is 1. The van der Waals surface area contributed by atoms with Crippen molar-refractivity contribution in [1.82, 2.24) is 4.90 Å². The van der Waals surface area contributed by atoms with E-state index in [0.717, 1.165) is 24.1 Å². The van der Waals surface area contributed by atoms with Gasteiger partial charge >= 0.3 is 7.37 Å². The van der Waals surface area contributed by atoms with Gasteiger partial charge in [-0.2, -0.15) is 0 Å². The summed E-state index contributed by atoms with van der Waals surface area (Å²) >= 11 is 0. The zero-order chi connectivity index (χ0) is 27.1. The molecule has 4 aromatic rings. The van der Waals surface area contributed by atoms with E-state index in [0.29, 0.717) is 28.4 Å². The van der Waals surface area contributed by atoms with E-state index in [4.69, 9.17) is 4.52 Å². The van der Waals surface area contributed by atoms with Crippen molar-refractivity contribution in [1.29, 1.82) is 0 Å². The Balaban J connectivity index is 1.81. The smallest absolute Gasteiger partial charge is 0.306 e. The van der Waals surface area contributed by atoms with Crippen LogP contribution in [-0.2, 0) is 4.57 Å². The third-order valence-electron chi connectivity index (χ3n) is 7.16. The molecule has 0 heterocycles. The Hall–Kier alpha value is -3.13. The van der Waals surface area contributed by atoms with E-state index in [-0.39, 0.29) is 5.92 Å². The van der Waals surface area contributed by atoms with Gasteiger partial charge < -0.3 is 4.52 Å². The molecule has 4 heteroatoms. The Morgan fingerprint density at radius 3 is 1.71 bits per heavy atom. The van der Waals surface area contributed by atoms with Gasteiger partial charge in [-0.1, -0.05) is 84.4 Å². The van der Waals surface area contributed by atoms with Crippen LogP contribution in [-0.4, -0.2) is 23.5 Å². The molecule has 198 valence electrons. The first-order chi connectivity index (χ1) is 18.3. The van der Waals surface area contributed by atoms with Gasteiger partial charge in [0.25, 0.3) is 0 Å². The molecule has 0 aromatic heterocycles. The van der Waals surface area contributed by atoms with Crippen LogP contribution in [0.25, 0.3) is 0 Å². The van der Waals surface area contributed by atoms with Crippen LogP contribution < -0.4 is 15.1 Å². The Morgan fingerprint density at radius 2 is 1.21 bits per heavy atom. The van der Waals surface area contributed by atoms with Crippen molar-refractivity contribution in [3.05, 3.63) is 126 Å². The normalized spacial score (nSPS) is 12.7. The van der Waals surface area contributed by atoms with Crippen LogP contribution in [0.3, 0.4) is 0 Å². The highest BCUT2D eigenvalue weighted by Gasteiger charge is 2.32. The van der Waals surface area contributed by atoms with Crippen LogP contribution in [0.1, 0.15) is 56.7 Å². The fraction of sp³-hybridized carbons (Fsp3) is 0.294. The number of nitrogens with zero attached hydrogens (tertiary/aromatic N) is 1. The molecule has 0 amide bonds. The average Bonchev–Trinajstić information content (AvgIpc) is 2.93. The van der Waals surface area contributed by atoms with E-state index in [1.54, 1.807) is 0 Å². The fourth-order valence-corrected chi connectivity index (χ4v) is 7.32. The zero-order valence-corrected chi connectivity index (χ0v) is 24.1. The molecule has 0 saturated carbocycles. The van der Waals surface area contributed by atoms with Crippen LogP contribution in [0.4, 0.5) is 0 Å².